The Morgan fingerprint density at radius 2 is 2.06 bits per heavy atom. The Morgan fingerprint density at radius 1 is 1.38 bits per heavy atom. The Kier molecular flexibility index (Phi) is 6.46. The van der Waals surface area contributed by atoms with Gasteiger partial charge in [-0.3, -0.25) is 4.79 Å². The quantitative estimate of drug-likeness (QED) is 0.679. The highest BCUT2D eigenvalue weighted by molar-refractivity contribution is 5.76. The Bertz CT molecular complexity index is 198. The number of hydrogen-bond donors (Lipinski definition) is 1. The molecule has 0 aromatic rings. The van der Waals surface area contributed by atoms with Gasteiger partial charge in [0.1, 0.15) is 0 Å². The number of hydrogen-bond acceptors (Lipinski definition) is 2. The zero-order valence-corrected chi connectivity index (χ0v) is 10.6. The second-order valence-corrected chi connectivity index (χ2v) is 4.98. The van der Waals surface area contributed by atoms with Crippen molar-refractivity contribution in [1.82, 2.24) is 5.32 Å². The molecule has 1 aliphatic rings. The van der Waals surface area contributed by atoms with Gasteiger partial charge in [0, 0.05) is 19.6 Å². The van der Waals surface area contributed by atoms with Gasteiger partial charge in [0.25, 0.3) is 0 Å². The van der Waals surface area contributed by atoms with E-state index in [1.807, 2.05) is 13.8 Å². The van der Waals surface area contributed by atoms with Gasteiger partial charge < -0.3 is 10.1 Å². The maximum atomic E-state index is 11.5. The summed E-state index contributed by atoms with van der Waals surface area (Å²) in [5.74, 6) is 0.864. The summed E-state index contributed by atoms with van der Waals surface area (Å²) in [4.78, 5) is 11.5. The molecule has 0 radical (unpaired) electrons. The first-order valence-electron chi connectivity index (χ1n) is 6.57. The standard InChI is InChI=1S/C13H25NO2/c1-11(2)16-9-5-8-14-13(15)10-12-6-3-4-7-12/h11-12H,3-10H2,1-2H3,(H,14,15). The van der Waals surface area contributed by atoms with Crippen molar-refractivity contribution in [1.29, 1.82) is 0 Å². The molecule has 0 unspecified atom stereocenters. The number of carbonyl (C=O) groups is 1. The molecule has 1 amide bonds. The summed E-state index contributed by atoms with van der Waals surface area (Å²) < 4.78 is 5.41. The molecule has 1 N–H and O–H groups in total. The Balaban J connectivity index is 1.93. The van der Waals surface area contributed by atoms with Crippen LogP contribution in [-0.2, 0) is 9.53 Å². The van der Waals surface area contributed by atoms with E-state index in [2.05, 4.69) is 5.32 Å². The molecule has 0 aromatic carbocycles. The molecule has 94 valence electrons. The van der Waals surface area contributed by atoms with Crippen LogP contribution in [0.2, 0.25) is 0 Å². The number of nitrogens with one attached hydrogen (secondary N) is 1. The van der Waals surface area contributed by atoms with Crippen molar-refractivity contribution in [3.63, 3.8) is 0 Å². The Morgan fingerprint density at radius 3 is 2.69 bits per heavy atom. The van der Waals surface area contributed by atoms with E-state index in [4.69, 9.17) is 4.74 Å². The summed E-state index contributed by atoms with van der Waals surface area (Å²) in [5.41, 5.74) is 0. The van der Waals surface area contributed by atoms with E-state index in [1.54, 1.807) is 0 Å². The largest absolute Gasteiger partial charge is 0.379 e. The van der Waals surface area contributed by atoms with Gasteiger partial charge in [-0.25, -0.2) is 0 Å². The molecule has 3 heteroatoms. The fourth-order valence-corrected chi connectivity index (χ4v) is 2.17. The molecule has 0 spiro atoms. The van der Waals surface area contributed by atoms with Crippen LogP contribution in [-0.4, -0.2) is 25.2 Å². The van der Waals surface area contributed by atoms with Crippen molar-refractivity contribution in [2.24, 2.45) is 5.92 Å². The van der Waals surface area contributed by atoms with E-state index < -0.39 is 0 Å². The minimum absolute atomic E-state index is 0.219. The molecule has 0 saturated heterocycles. The first kappa shape index (κ1) is 13.5. The van der Waals surface area contributed by atoms with Gasteiger partial charge in [0.05, 0.1) is 6.10 Å². The number of rotatable bonds is 7. The molecule has 0 aromatic heterocycles. The maximum Gasteiger partial charge on any atom is 0.220 e. The lowest BCUT2D eigenvalue weighted by atomic mass is 10.0. The van der Waals surface area contributed by atoms with Crippen molar-refractivity contribution in [3.8, 4) is 0 Å². The highest BCUT2D eigenvalue weighted by Crippen LogP contribution is 2.27. The lowest BCUT2D eigenvalue weighted by molar-refractivity contribution is -0.122. The van der Waals surface area contributed by atoms with E-state index in [0.717, 1.165) is 26.0 Å². The predicted molar refractivity (Wildman–Crippen MR) is 65.3 cm³/mol. The van der Waals surface area contributed by atoms with Crippen molar-refractivity contribution in [3.05, 3.63) is 0 Å². The predicted octanol–water partition coefficient (Wildman–Crippen LogP) is 2.50. The zero-order valence-electron chi connectivity index (χ0n) is 10.6. The lowest BCUT2D eigenvalue weighted by Crippen LogP contribution is -2.27. The SMILES string of the molecule is CC(C)OCCCNC(=O)CC1CCCC1. The van der Waals surface area contributed by atoms with Crippen LogP contribution in [0.4, 0.5) is 0 Å². The fourth-order valence-electron chi connectivity index (χ4n) is 2.17. The van der Waals surface area contributed by atoms with Crippen molar-refractivity contribution in [2.45, 2.75) is 58.5 Å². The highest BCUT2D eigenvalue weighted by Gasteiger charge is 2.17. The first-order chi connectivity index (χ1) is 7.68. The van der Waals surface area contributed by atoms with Gasteiger partial charge in [-0.2, -0.15) is 0 Å². The third kappa shape index (κ3) is 6.11. The van der Waals surface area contributed by atoms with Gasteiger partial charge in [0.15, 0.2) is 0 Å². The molecule has 1 saturated carbocycles. The third-order valence-corrected chi connectivity index (χ3v) is 3.04. The number of amides is 1. The summed E-state index contributed by atoms with van der Waals surface area (Å²) in [6.45, 7) is 5.54. The van der Waals surface area contributed by atoms with Gasteiger partial charge in [-0.15, -0.1) is 0 Å². The van der Waals surface area contributed by atoms with Crippen molar-refractivity contribution in [2.75, 3.05) is 13.2 Å². The molecule has 16 heavy (non-hydrogen) atoms. The first-order valence-corrected chi connectivity index (χ1v) is 6.57. The topological polar surface area (TPSA) is 38.3 Å². The van der Waals surface area contributed by atoms with Crippen LogP contribution in [0.25, 0.3) is 0 Å². The lowest BCUT2D eigenvalue weighted by Gasteiger charge is -2.10. The molecule has 0 bridgehead atoms. The van der Waals surface area contributed by atoms with Crippen LogP contribution in [0, 0.1) is 5.92 Å². The number of ether oxygens (including phenoxy) is 1. The average Bonchev–Trinajstić information content (AvgIpc) is 2.69. The van der Waals surface area contributed by atoms with Crippen LogP contribution >= 0.6 is 0 Å². The summed E-state index contributed by atoms with van der Waals surface area (Å²) in [7, 11) is 0. The van der Waals surface area contributed by atoms with Crippen molar-refractivity contribution < 1.29 is 9.53 Å². The fraction of sp³-hybridized carbons (Fsp3) is 0.923. The summed E-state index contributed by atoms with van der Waals surface area (Å²) in [6.07, 6.45) is 7.02. The van der Waals surface area contributed by atoms with E-state index in [-0.39, 0.29) is 12.0 Å². The van der Waals surface area contributed by atoms with Crippen molar-refractivity contribution >= 4 is 5.91 Å². The van der Waals surface area contributed by atoms with Crippen LogP contribution in [0.1, 0.15) is 52.4 Å². The number of carbonyl (C=O) groups excluding carboxylic acids is 1. The maximum absolute atomic E-state index is 11.5. The third-order valence-electron chi connectivity index (χ3n) is 3.04. The van der Waals surface area contributed by atoms with E-state index in [9.17, 15) is 4.79 Å². The van der Waals surface area contributed by atoms with Crippen LogP contribution in [0.5, 0.6) is 0 Å². The smallest absolute Gasteiger partial charge is 0.220 e. The molecule has 1 fully saturated rings. The van der Waals surface area contributed by atoms with Gasteiger partial charge >= 0.3 is 0 Å². The summed E-state index contributed by atoms with van der Waals surface area (Å²) in [6, 6.07) is 0. The van der Waals surface area contributed by atoms with E-state index in [1.165, 1.54) is 25.7 Å². The second kappa shape index (κ2) is 7.66. The van der Waals surface area contributed by atoms with Crippen LogP contribution in [0.3, 0.4) is 0 Å². The molecular formula is C13H25NO2. The highest BCUT2D eigenvalue weighted by atomic mass is 16.5. The molecule has 0 heterocycles. The average molecular weight is 227 g/mol. The molecule has 3 nitrogen and oxygen atoms in total. The van der Waals surface area contributed by atoms with Gasteiger partial charge in [0.2, 0.25) is 5.91 Å². The van der Waals surface area contributed by atoms with Crippen LogP contribution in [0.15, 0.2) is 0 Å². The monoisotopic (exact) mass is 227 g/mol. The zero-order chi connectivity index (χ0) is 11.8. The molecule has 1 rings (SSSR count). The van der Waals surface area contributed by atoms with Crippen LogP contribution < -0.4 is 5.32 Å². The molecule has 0 aliphatic heterocycles. The second-order valence-electron chi connectivity index (χ2n) is 4.98. The molecule has 0 atom stereocenters. The van der Waals surface area contributed by atoms with Gasteiger partial charge in [-0.05, 0) is 39.0 Å². The van der Waals surface area contributed by atoms with E-state index in [0.29, 0.717) is 5.92 Å². The molecule has 1 aliphatic carbocycles. The minimum Gasteiger partial charge on any atom is -0.379 e. The normalized spacial score (nSPS) is 16.9. The summed E-state index contributed by atoms with van der Waals surface area (Å²) in [5, 5.41) is 2.96. The summed E-state index contributed by atoms with van der Waals surface area (Å²) >= 11 is 0. The minimum atomic E-state index is 0.219. The Labute approximate surface area is 98.9 Å². The Hall–Kier alpha value is -0.570. The molecular weight excluding hydrogens is 202 g/mol. The van der Waals surface area contributed by atoms with E-state index >= 15 is 0 Å². The van der Waals surface area contributed by atoms with Gasteiger partial charge in [-0.1, -0.05) is 12.8 Å².